The first-order chi connectivity index (χ1) is 8.72. The maximum Gasteiger partial charge on any atom is 0.220 e. The van der Waals surface area contributed by atoms with Crippen LogP contribution in [0.2, 0.25) is 0 Å². The smallest absolute Gasteiger partial charge is 0.220 e. The van der Waals surface area contributed by atoms with E-state index >= 15 is 0 Å². The van der Waals surface area contributed by atoms with Gasteiger partial charge < -0.3 is 15.2 Å². The van der Waals surface area contributed by atoms with Crippen LogP contribution in [0, 0.1) is 17.8 Å². The van der Waals surface area contributed by atoms with Crippen molar-refractivity contribution in [2.75, 3.05) is 20.3 Å². The number of nitrogens with one attached hydrogen (secondary N) is 1. The summed E-state index contributed by atoms with van der Waals surface area (Å²) < 4.78 is 4.97. The lowest BCUT2D eigenvalue weighted by Gasteiger charge is -2.22. The van der Waals surface area contributed by atoms with Gasteiger partial charge in [0, 0.05) is 20.1 Å². The molecule has 104 valence electrons. The summed E-state index contributed by atoms with van der Waals surface area (Å²) in [4.78, 5) is 11.9. The number of aliphatic hydroxyl groups excluding tert-OH is 1. The van der Waals surface area contributed by atoms with Crippen molar-refractivity contribution in [1.29, 1.82) is 0 Å². The van der Waals surface area contributed by atoms with Gasteiger partial charge in [0.25, 0.3) is 0 Å². The topological polar surface area (TPSA) is 58.6 Å². The average Bonchev–Trinajstić information content (AvgIpc) is 2.96. The maximum atomic E-state index is 11.9. The Morgan fingerprint density at radius 3 is 2.83 bits per heavy atom. The molecule has 0 radical (unpaired) electrons. The van der Waals surface area contributed by atoms with Crippen molar-refractivity contribution < 1.29 is 14.6 Å². The van der Waals surface area contributed by atoms with Crippen LogP contribution < -0.4 is 5.32 Å². The normalized spacial score (nSPS) is 31.6. The maximum absolute atomic E-state index is 11.9. The van der Waals surface area contributed by atoms with Gasteiger partial charge in [0.1, 0.15) is 0 Å². The first kappa shape index (κ1) is 13.8. The van der Waals surface area contributed by atoms with Gasteiger partial charge in [-0.15, -0.1) is 0 Å². The molecule has 4 heteroatoms. The molecule has 2 N–H and O–H groups in total. The number of carbonyl (C=O) groups is 1. The van der Waals surface area contributed by atoms with Crippen LogP contribution >= 0.6 is 0 Å². The molecule has 2 rings (SSSR count). The molecule has 2 saturated carbocycles. The van der Waals surface area contributed by atoms with Crippen molar-refractivity contribution in [3.8, 4) is 0 Å². The number of fused-ring (bicyclic) bond motifs is 2. The fourth-order valence-corrected chi connectivity index (χ4v) is 3.62. The Bertz CT molecular complexity index is 282. The third-order valence-corrected chi connectivity index (χ3v) is 4.59. The summed E-state index contributed by atoms with van der Waals surface area (Å²) in [7, 11) is 1.63. The minimum absolute atomic E-state index is 0.00811. The highest BCUT2D eigenvalue weighted by Gasteiger charge is 2.40. The molecule has 4 atom stereocenters. The van der Waals surface area contributed by atoms with Crippen LogP contribution in [0.25, 0.3) is 0 Å². The highest BCUT2D eigenvalue weighted by atomic mass is 16.5. The van der Waals surface area contributed by atoms with Gasteiger partial charge in [-0.05, 0) is 43.4 Å². The van der Waals surface area contributed by atoms with E-state index in [-0.39, 0.29) is 18.6 Å². The van der Waals surface area contributed by atoms with Crippen LogP contribution in [-0.4, -0.2) is 37.4 Å². The molecule has 2 aliphatic carbocycles. The zero-order valence-electron chi connectivity index (χ0n) is 11.2. The van der Waals surface area contributed by atoms with Gasteiger partial charge in [0.15, 0.2) is 0 Å². The number of rotatable bonds is 7. The van der Waals surface area contributed by atoms with Crippen molar-refractivity contribution in [2.45, 2.75) is 44.6 Å². The molecule has 18 heavy (non-hydrogen) atoms. The third kappa shape index (κ3) is 3.45. The highest BCUT2D eigenvalue weighted by molar-refractivity contribution is 5.76. The number of aliphatic hydroxyl groups is 1. The Hall–Kier alpha value is -0.610. The number of methoxy groups -OCH3 is 1. The summed E-state index contributed by atoms with van der Waals surface area (Å²) in [6.45, 7) is 0.561. The van der Waals surface area contributed by atoms with Gasteiger partial charge in [-0.2, -0.15) is 0 Å². The molecule has 0 aliphatic heterocycles. The van der Waals surface area contributed by atoms with E-state index in [9.17, 15) is 9.90 Å². The molecular formula is C14H25NO3. The molecule has 0 aromatic carbocycles. The first-order valence-corrected chi connectivity index (χ1v) is 7.12. The van der Waals surface area contributed by atoms with Gasteiger partial charge in [0.2, 0.25) is 5.91 Å². The van der Waals surface area contributed by atoms with Crippen molar-refractivity contribution >= 4 is 5.91 Å². The van der Waals surface area contributed by atoms with Gasteiger partial charge in [-0.25, -0.2) is 0 Å². The zero-order chi connectivity index (χ0) is 13.0. The van der Waals surface area contributed by atoms with E-state index in [2.05, 4.69) is 5.32 Å². The Morgan fingerprint density at radius 2 is 2.28 bits per heavy atom. The molecule has 2 fully saturated rings. The lowest BCUT2D eigenvalue weighted by atomic mass is 9.86. The van der Waals surface area contributed by atoms with Crippen molar-refractivity contribution in [3.05, 3.63) is 0 Å². The summed E-state index contributed by atoms with van der Waals surface area (Å²) >= 11 is 0. The molecule has 1 amide bonds. The number of amides is 1. The standard InChI is InChI=1S/C14H25NO3/c1-18-5-4-13(9-16)15-14(17)8-12-7-10-2-3-11(12)6-10/h10-13,16H,2-9H2,1H3,(H,15,17). The van der Waals surface area contributed by atoms with Gasteiger partial charge in [-0.1, -0.05) is 6.42 Å². The largest absolute Gasteiger partial charge is 0.394 e. The first-order valence-electron chi connectivity index (χ1n) is 7.12. The molecule has 0 saturated heterocycles. The molecule has 2 aliphatic rings. The minimum atomic E-state index is -0.156. The molecule has 4 unspecified atom stereocenters. The van der Waals surface area contributed by atoms with E-state index in [0.717, 1.165) is 11.8 Å². The van der Waals surface area contributed by atoms with E-state index in [4.69, 9.17) is 4.74 Å². The SMILES string of the molecule is COCCC(CO)NC(=O)CC1CC2CCC1C2. The fraction of sp³-hybridized carbons (Fsp3) is 0.929. The number of hydrogen-bond acceptors (Lipinski definition) is 3. The van der Waals surface area contributed by atoms with Crippen LogP contribution in [0.5, 0.6) is 0 Å². The lowest BCUT2D eigenvalue weighted by Crippen LogP contribution is -2.39. The Kier molecular flexibility index (Phi) is 5.01. The minimum Gasteiger partial charge on any atom is -0.394 e. The summed E-state index contributed by atoms with van der Waals surface area (Å²) in [5, 5.41) is 12.1. The summed E-state index contributed by atoms with van der Waals surface area (Å²) in [6, 6.07) is -0.156. The second kappa shape index (κ2) is 6.53. The predicted octanol–water partition coefficient (Wildman–Crippen LogP) is 1.33. The molecule has 0 aromatic rings. The number of ether oxygens (including phenoxy) is 1. The van der Waals surface area contributed by atoms with Crippen LogP contribution in [0.1, 0.15) is 38.5 Å². The van der Waals surface area contributed by atoms with Crippen LogP contribution in [0.3, 0.4) is 0 Å². The molecule has 4 nitrogen and oxygen atoms in total. The van der Waals surface area contributed by atoms with Gasteiger partial charge in [0.05, 0.1) is 12.6 Å². The summed E-state index contributed by atoms with van der Waals surface area (Å²) in [5.41, 5.74) is 0. The van der Waals surface area contributed by atoms with Crippen LogP contribution in [0.4, 0.5) is 0 Å². The predicted molar refractivity (Wildman–Crippen MR) is 69.1 cm³/mol. The molecule has 0 heterocycles. The van der Waals surface area contributed by atoms with Gasteiger partial charge in [-0.3, -0.25) is 4.79 Å². The number of hydrogen-bond donors (Lipinski definition) is 2. The van der Waals surface area contributed by atoms with Crippen LogP contribution in [0.15, 0.2) is 0 Å². The molecule has 0 spiro atoms. The summed E-state index contributed by atoms with van der Waals surface area (Å²) in [6.07, 6.45) is 6.58. The quantitative estimate of drug-likeness (QED) is 0.721. The monoisotopic (exact) mass is 255 g/mol. The van der Waals surface area contributed by atoms with E-state index in [1.807, 2.05) is 0 Å². The zero-order valence-corrected chi connectivity index (χ0v) is 11.2. The second-order valence-corrected chi connectivity index (χ2v) is 5.87. The van der Waals surface area contributed by atoms with E-state index < -0.39 is 0 Å². The second-order valence-electron chi connectivity index (χ2n) is 5.87. The Morgan fingerprint density at radius 1 is 1.44 bits per heavy atom. The highest BCUT2D eigenvalue weighted by Crippen LogP contribution is 2.49. The summed E-state index contributed by atoms with van der Waals surface area (Å²) in [5.74, 6) is 2.36. The molecule has 0 aromatic heterocycles. The van der Waals surface area contributed by atoms with Crippen molar-refractivity contribution in [1.82, 2.24) is 5.32 Å². The van der Waals surface area contributed by atoms with Crippen molar-refractivity contribution in [2.24, 2.45) is 17.8 Å². The number of carbonyl (C=O) groups excluding carboxylic acids is 1. The molecular weight excluding hydrogens is 230 g/mol. The van der Waals surface area contributed by atoms with Crippen molar-refractivity contribution in [3.63, 3.8) is 0 Å². The average molecular weight is 255 g/mol. The molecule has 2 bridgehead atoms. The fourth-order valence-electron chi connectivity index (χ4n) is 3.62. The van der Waals surface area contributed by atoms with Crippen LogP contribution in [-0.2, 0) is 9.53 Å². The van der Waals surface area contributed by atoms with E-state index in [1.54, 1.807) is 7.11 Å². The van der Waals surface area contributed by atoms with E-state index in [1.165, 1.54) is 25.7 Å². The third-order valence-electron chi connectivity index (χ3n) is 4.59. The lowest BCUT2D eigenvalue weighted by molar-refractivity contribution is -0.123. The Balaban J connectivity index is 1.71. The van der Waals surface area contributed by atoms with Gasteiger partial charge >= 0.3 is 0 Å². The Labute approximate surface area is 109 Å². The van der Waals surface area contributed by atoms with E-state index in [0.29, 0.717) is 25.4 Å².